The third-order valence-electron chi connectivity index (χ3n) is 2.28. The van der Waals surface area contributed by atoms with Crippen LogP contribution in [0.15, 0.2) is 12.4 Å². The number of rotatable bonds is 6. The molecular weight excluding hydrogens is 270 g/mol. The Kier molecular flexibility index (Phi) is 5.69. The van der Waals surface area contributed by atoms with E-state index < -0.39 is 0 Å². The summed E-state index contributed by atoms with van der Waals surface area (Å²) in [4.78, 5) is 10.8. The average molecular weight is 288 g/mol. The third-order valence-corrected chi connectivity index (χ3v) is 2.84. The summed E-state index contributed by atoms with van der Waals surface area (Å²) in [6, 6.07) is 2.02. The van der Waals surface area contributed by atoms with Crippen molar-refractivity contribution in [1.29, 1.82) is 0 Å². The fourth-order valence-corrected chi connectivity index (χ4v) is 2.11. The first-order chi connectivity index (χ1) is 7.67. The van der Waals surface area contributed by atoms with Gasteiger partial charge in [-0.2, -0.15) is 0 Å². The highest BCUT2D eigenvalue weighted by Gasteiger charge is 2.09. The van der Waals surface area contributed by atoms with E-state index in [1.807, 2.05) is 13.1 Å². The van der Waals surface area contributed by atoms with Crippen LogP contribution in [0.2, 0.25) is 0 Å². The van der Waals surface area contributed by atoms with Crippen molar-refractivity contribution >= 4 is 21.7 Å². The third kappa shape index (κ3) is 4.06. The standard InChI is InChI=1S/C11H18BrN3O/c1-4-10-5-11(14-8-13-10)15(2)6-9(12)7-16-3/h5,8-9H,4,6-7H2,1-3H3. The van der Waals surface area contributed by atoms with Gasteiger partial charge in [0, 0.05) is 32.5 Å². The van der Waals surface area contributed by atoms with E-state index in [-0.39, 0.29) is 0 Å². The molecule has 0 fully saturated rings. The van der Waals surface area contributed by atoms with Crippen molar-refractivity contribution in [3.8, 4) is 0 Å². The van der Waals surface area contributed by atoms with Gasteiger partial charge in [0.1, 0.15) is 12.1 Å². The minimum atomic E-state index is 0.308. The molecular formula is C11H18BrN3O. The zero-order valence-corrected chi connectivity index (χ0v) is 11.6. The van der Waals surface area contributed by atoms with E-state index >= 15 is 0 Å². The Morgan fingerprint density at radius 1 is 1.50 bits per heavy atom. The van der Waals surface area contributed by atoms with Crippen LogP contribution in [0.5, 0.6) is 0 Å². The topological polar surface area (TPSA) is 38.2 Å². The van der Waals surface area contributed by atoms with E-state index in [9.17, 15) is 0 Å². The molecule has 0 aliphatic rings. The van der Waals surface area contributed by atoms with E-state index in [0.717, 1.165) is 24.5 Å². The largest absolute Gasteiger partial charge is 0.383 e. The van der Waals surface area contributed by atoms with Crippen LogP contribution in [0.4, 0.5) is 5.82 Å². The van der Waals surface area contributed by atoms with Crippen molar-refractivity contribution in [3.05, 3.63) is 18.1 Å². The molecule has 0 radical (unpaired) electrons. The number of alkyl halides is 1. The van der Waals surface area contributed by atoms with E-state index in [1.165, 1.54) is 0 Å². The Bertz CT molecular complexity index is 322. The first-order valence-corrected chi connectivity index (χ1v) is 6.24. The predicted molar refractivity (Wildman–Crippen MR) is 69.3 cm³/mol. The number of anilines is 1. The minimum Gasteiger partial charge on any atom is -0.383 e. The molecule has 90 valence electrons. The summed E-state index contributed by atoms with van der Waals surface area (Å²) in [5.41, 5.74) is 1.06. The van der Waals surface area contributed by atoms with Crippen molar-refractivity contribution in [2.45, 2.75) is 18.2 Å². The number of hydrogen-bond acceptors (Lipinski definition) is 4. The normalized spacial score (nSPS) is 12.5. The number of ether oxygens (including phenoxy) is 1. The second-order valence-electron chi connectivity index (χ2n) is 3.65. The molecule has 1 atom stereocenters. The second kappa shape index (κ2) is 6.81. The molecule has 5 heteroatoms. The second-order valence-corrected chi connectivity index (χ2v) is 4.95. The van der Waals surface area contributed by atoms with Crippen molar-refractivity contribution in [1.82, 2.24) is 9.97 Å². The Morgan fingerprint density at radius 3 is 2.88 bits per heavy atom. The van der Waals surface area contributed by atoms with Gasteiger partial charge in [-0.15, -0.1) is 0 Å². The molecule has 0 aliphatic carbocycles. The molecule has 16 heavy (non-hydrogen) atoms. The van der Waals surface area contributed by atoms with Crippen molar-refractivity contribution in [3.63, 3.8) is 0 Å². The van der Waals surface area contributed by atoms with Gasteiger partial charge in [0.25, 0.3) is 0 Å². The zero-order chi connectivity index (χ0) is 12.0. The Labute approximate surface area is 105 Å². The molecule has 1 aromatic rings. The molecule has 1 heterocycles. The lowest BCUT2D eigenvalue weighted by atomic mass is 10.3. The highest BCUT2D eigenvalue weighted by molar-refractivity contribution is 9.09. The van der Waals surface area contributed by atoms with Crippen LogP contribution in [-0.4, -0.2) is 42.1 Å². The quantitative estimate of drug-likeness (QED) is 0.749. The SMILES string of the molecule is CCc1cc(N(C)CC(Br)COC)ncn1. The van der Waals surface area contributed by atoms with Crippen LogP contribution >= 0.6 is 15.9 Å². The van der Waals surface area contributed by atoms with Gasteiger partial charge in [0.2, 0.25) is 0 Å². The van der Waals surface area contributed by atoms with Gasteiger partial charge in [-0.25, -0.2) is 9.97 Å². The minimum absolute atomic E-state index is 0.308. The lowest BCUT2D eigenvalue weighted by Crippen LogP contribution is -2.28. The molecule has 0 aliphatic heterocycles. The number of nitrogens with zero attached hydrogens (tertiary/aromatic N) is 3. The number of methoxy groups -OCH3 is 1. The van der Waals surface area contributed by atoms with Gasteiger partial charge >= 0.3 is 0 Å². The van der Waals surface area contributed by atoms with Gasteiger partial charge in [-0.05, 0) is 6.42 Å². The van der Waals surface area contributed by atoms with Gasteiger partial charge in [-0.3, -0.25) is 0 Å². The van der Waals surface area contributed by atoms with Gasteiger partial charge < -0.3 is 9.64 Å². The number of aromatic nitrogens is 2. The van der Waals surface area contributed by atoms with Crippen molar-refractivity contribution in [2.75, 3.05) is 32.2 Å². The highest BCUT2D eigenvalue weighted by Crippen LogP contribution is 2.12. The lowest BCUT2D eigenvalue weighted by molar-refractivity contribution is 0.201. The smallest absolute Gasteiger partial charge is 0.131 e. The Hall–Kier alpha value is -0.680. The maximum Gasteiger partial charge on any atom is 0.131 e. The molecule has 0 N–H and O–H groups in total. The van der Waals surface area contributed by atoms with Crippen LogP contribution in [0.25, 0.3) is 0 Å². The molecule has 0 saturated carbocycles. The maximum atomic E-state index is 5.08. The van der Waals surface area contributed by atoms with E-state index in [0.29, 0.717) is 11.4 Å². The van der Waals surface area contributed by atoms with Crippen molar-refractivity contribution < 1.29 is 4.74 Å². The van der Waals surface area contributed by atoms with E-state index in [4.69, 9.17) is 4.74 Å². The number of aryl methyl sites for hydroxylation is 1. The van der Waals surface area contributed by atoms with Gasteiger partial charge in [0.05, 0.1) is 11.4 Å². The summed E-state index contributed by atoms with van der Waals surface area (Å²) < 4.78 is 5.08. The Balaban J connectivity index is 2.61. The number of halogens is 1. The summed E-state index contributed by atoms with van der Waals surface area (Å²) in [5, 5.41) is 0. The molecule has 0 bridgehead atoms. The summed E-state index contributed by atoms with van der Waals surface area (Å²) >= 11 is 3.56. The molecule has 1 rings (SSSR count). The van der Waals surface area contributed by atoms with E-state index in [2.05, 4.69) is 37.7 Å². The Morgan fingerprint density at radius 2 is 2.25 bits per heavy atom. The average Bonchev–Trinajstić information content (AvgIpc) is 2.29. The molecule has 0 amide bonds. The van der Waals surface area contributed by atoms with Crippen LogP contribution in [0.3, 0.4) is 0 Å². The first-order valence-electron chi connectivity index (χ1n) is 5.32. The summed E-state index contributed by atoms with van der Waals surface area (Å²) in [7, 11) is 3.72. The van der Waals surface area contributed by atoms with Gasteiger partial charge in [-0.1, -0.05) is 22.9 Å². The van der Waals surface area contributed by atoms with Crippen LogP contribution < -0.4 is 4.90 Å². The molecule has 1 unspecified atom stereocenters. The zero-order valence-electron chi connectivity index (χ0n) is 9.98. The predicted octanol–water partition coefficient (Wildman–Crippen LogP) is 1.89. The van der Waals surface area contributed by atoms with Crippen LogP contribution in [0.1, 0.15) is 12.6 Å². The lowest BCUT2D eigenvalue weighted by Gasteiger charge is -2.21. The maximum absolute atomic E-state index is 5.08. The van der Waals surface area contributed by atoms with Gasteiger partial charge in [0.15, 0.2) is 0 Å². The fourth-order valence-electron chi connectivity index (χ4n) is 1.41. The summed E-state index contributed by atoms with van der Waals surface area (Å²) in [5.74, 6) is 0.951. The van der Waals surface area contributed by atoms with Crippen LogP contribution in [-0.2, 0) is 11.2 Å². The van der Waals surface area contributed by atoms with E-state index in [1.54, 1.807) is 13.4 Å². The van der Waals surface area contributed by atoms with Crippen LogP contribution in [0, 0.1) is 0 Å². The summed E-state index contributed by atoms with van der Waals surface area (Å²) in [6.45, 7) is 3.63. The fraction of sp³-hybridized carbons (Fsp3) is 0.636. The molecule has 4 nitrogen and oxygen atoms in total. The van der Waals surface area contributed by atoms with Crippen molar-refractivity contribution in [2.24, 2.45) is 0 Å². The highest BCUT2D eigenvalue weighted by atomic mass is 79.9. The number of hydrogen-bond donors (Lipinski definition) is 0. The monoisotopic (exact) mass is 287 g/mol. The molecule has 1 aromatic heterocycles. The molecule has 0 aromatic carbocycles. The first kappa shape index (κ1) is 13.4. The molecule has 0 saturated heterocycles. The molecule has 0 spiro atoms. The summed E-state index contributed by atoms with van der Waals surface area (Å²) in [6.07, 6.45) is 2.55.